The summed E-state index contributed by atoms with van der Waals surface area (Å²) in [5, 5.41) is 5.57. The Morgan fingerprint density at radius 3 is 2.87 bits per heavy atom. The first-order chi connectivity index (χ1) is 15.1. The molecule has 0 bridgehead atoms. The summed E-state index contributed by atoms with van der Waals surface area (Å²) in [6.07, 6.45) is 3.94. The number of aromatic amines is 1. The van der Waals surface area contributed by atoms with Gasteiger partial charge in [-0.1, -0.05) is 18.2 Å². The number of amides is 1. The van der Waals surface area contributed by atoms with Crippen LogP contribution in [0.2, 0.25) is 0 Å². The molecule has 31 heavy (non-hydrogen) atoms. The number of piperidine rings is 1. The lowest BCUT2D eigenvalue weighted by atomic mass is 9.82. The number of ether oxygens (including phenoxy) is 1. The SMILES string of the molecule is Cn1nc2n(c1=O)CC(C(=O)N1CCC3(CC1)OCCc1c3[nH]c3ccccc13)CC2. The average Bonchev–Trinajstić information content (AvgIpc) is 3.32. The van der Waals surface area contributed by atoms with Gasteiger partial charge in [-0.2, -0.15) is 5.10 Å². The van der Waals surface area contributed by atoms with E-state index < -0.39 is 0 Å². The van der Waals surface area contributed by atoms with E-state index in [1.54, 1.807) is 11.6 Å². The molecule has 1 unspecified atom stereocenters. The van der Waals surface area contributed by atoms with Crippen molar-refractivity contribution < 1.29 is 9.53 Å². The third kappa shape index (κ3) is 2.81. The number of hydrogen-bond acceptors (Lipinski definition) is 4. The maximum atomic E-state index is 13.3. The Morgan fingerprint density at radius 2 is 2.03 bits per heavy atom. The van der Waals surface area contributed by atoms with Crippen LogP contribution < -0.4 is 5.69 Å². The standard InChI is InChI=1S/C23H27N5O3/c1-26-22(30)28-14-15(6-7-19(28)25-26)21(29)27-11-9-23(10-12-27)20-17(8-13-31-23)16-4-2-3-5-18(16)24-20/h2-5,15,24H,6-14H2,1H3. The maximum absolute atomic E-state index is 13.3. The molecule has 3 aliphatic rings. The van der Waals surface area contributed by atoms with Gasteiger partial charge >= 0.3 is 5.69 Å². The van der Waals surface area contributed by atoms with Crippen LogP contribution in [0.5, 0.6) is 0 Å². The van der Waals surface area contributed by atoms with E-state index in [-0.39, 0.29) is 23.1 Å². The Labute approximate surface area is 179 Å². The lowest BCUT2D eigenvalue weighted by Gasteiger charge is -2.44. The van der Waals surface area contributed by atoms with Crippen LogP contribution in [0.25, 0.3) is 10.9 Å². The summed E-state index contributed by atoms with van der Waals surface area (Å²) in [4.78, 5) is 31.1. The normalized spacial score (nSPS) is 22.5. The topological polar surface area (TPSA) is 85.2 Å². The first-order valence-corrected chi connectivity index (χ1v) is 11.2. The fourth-order valence-corrected chi connectivity index (χ4v) is 5.75. The van der Waals surface area contributed by atoms with Gasteiger partial charge in [-0.05, 0) is 37.3 Å². The van der Waals surface area contributed by atoms with Gasteiger partial charge in [-0.25, -0.2) is 9.48 Å². The third-order valence-electron chi connectivity index (χ3n) is 7.44. The number of hydrogen-bond donors (Lipinski definition) is 1. The lowest BCUT2D eigenvalue weighted by Crippen LogP contribution is -2.50. The second-order valence-corrected chi connectivity index (χ2v) is 9.11. The van der Waals surface area contributed by atoms with Crippen molar-refractivity contribution in [3.05, 3.63) is 51.8 Å². The van der Waals surface area contributed by atoms with Crippen LogP contribution in [-0.4, -0.2) is 49.8 Å². The molecule has 1 saturated heterocycles. The zero-order valence-electron chi connectivity index (χ0n) is 17.8. The van der Waals surface area contributed by atoms with Crippen molar-refractivity contribution >= 4 is 16.8 Å². The second-order valence-electron chi connectivity index (χ2n) is 9.11. The molecule has 3 aromatic rings. The fourth-order valence-electron chi connectivity index (χ4n) is 5.75. The Morgan fingerprint density at radius 1 is 1.23 bits per heavy atom. The summed E-state index contributed by atoms with van der Waals surface area (Å²) in [6.45, 7) is 2.52. The summed E-state index contributed by atoms with van der Waals surface area (Å²) >= 11 is 0. The Bertz CT molecular complexity index is 1230. The Balaban J connectivity index is 1.21. The average molecular weight is 422 g/mol. The summed E-state index contributed by atoms with van der Waals surface area (Å²) < 4.78 is 9.41. The number of H-pyrrole nitrogens is 1. The van der Waals surface area contributed by atoms with Crippen LogP contribution in [0, 0.1) is 5.92 Å². The van der Waals surface area contributed by atoms with E-state index in [9.17, 15) is 9.59 Å². The number of rotatable bonds is 1. The smallest absolute Gasteiger partial charge is 0.345 e. The molecule has 0 radical (unpaired) electrons. The van der Waals surface area contributed by atoms with Crippen molar-refractivity contribution in [2.75, 3.05) is 19.7 Å². The summed E-state index contributed by atoms with van der Waals surface area (Å²) in [6, 6.07) is 8.45. The molecule has 2 aromatic heterocycles. The molecule has 8 nitrogen and oxygen atoms in total. The number of benzene rings is 1. The van der Waals surface area contributed by atoms with E-state index in [4.69, 9.17) is 4.74 Å². The molecule has 0 saturated carbocycles. The third-order valence-corrected chi connectivity index (χ3v) is 7.44. The van der Waals surface area contributed by atoms with Crippen LogP contribution in [0.4, 0.5) is 0 Å². The minimum atomic E-state index is -0.330. The fraction of sp³-hybridized carbons (Fsp3) is 0.522. The minimum Gasteiger partial charge on any atom is -0.368 e. The van der Waals surface area contributed by atoms with E-state index in [1.165, 1.54) is 21.3 Å². The largest absolute Gasteiger partial charge is 0.368 e. The minimum absolute atomic E-state index is 0.132. The van der Waals surface area contributed by atoms with Crippen LogP contribution in [0.3, 0.4) is 0 Å². The molecule has 0 aliphatic carbocycles. The number of nitrogens with zero attached hydrogens (tertiary/aromatic N) is 4. The molecule has 6 rings (SSSR count). The van der Waals surface area contributed by atoms with E-state index in [0.29, 0.717) is 26.1 Å². The first-order valence-electron chi connectivity index (χ1n) is 11.2. The molecule has 8 heteroatoms. The van der Waals surface area contributed by atoms with Crippen molar-refractivity contribution in [3.63, 3.8) is 0 Å². The molecule has 3 aliphatic heterocycles. The van der Waals surface area contributed by atoms with Gasteiger partial charge < -0.3 is 14.6 Å². The van der Waals surface area contributed by atoms with Crippen LogP contribution in [0.15, 0.2) is 29.1 Å². The van der Waals surface area contributed by atoms with E-state index in [2.05, 4.69) is 34.3 Å². The number of fused-ring (bicyclic) bond motifs is 5. The molecule has 1 aromatic carbocycles. The van der Waals surface area contributed by atoms with Crippen molar-refractivity contribution in [2.24, 2.45) is 13.0 Å². The number of aryl methyl sites for hydroxylation is 2. The van der Waals surface area contributed by atoms with Gasteiger partial charge in [-0.3, -0.25) is 9.36 Å². The van der Waals surface area contributed by atoms with E-state index in [0.717, 1.165) is 43.6 Å². The summed E-state index contributed by atoms with van der Waals surface area (Å²) in [7, 11) is 1.66. The first kappa shape index (κ1) is 18.9. The number of carbonyl (C=O) groups excluding carboxylic acids is 1. The van der Waals surface area contributed by atoms with E-state index in [1.807, 2.05) is 4.90 Å². The van der Waals surface area contributed by atoms with Gasteiger partial charge in [-0.15, -0.1) is 0 Å². The lowest BCUT2D eigenvalue weighted by molar-refractivity contribution is -0.146. The zero-order valence-corrected chi connectivity index (χ0v) is 17.8. The molecule has 1 spiro atoms. The molecule has 1 amide bonds. The number of aromatic nitrogens is 4. The summed E-state index contributed by atoms with van der Waals surface area (Å²) in [5.41, 5.74) is 3.28. The molecular weight excluding hydrogens is 394 g/mol. The monoisotopic (exact) mass is 421 g/mol. The number of carbonyl (C=O) groups is 1. The maximum Gasteiger partial charge on any atom is 0.345 e. The molecule has 1 fully saturated rings. The van der Waals surface area contributed by atoms with Crippen LogP contribution in [0.1, 0.15) is 36.3 Å². The quantitative estimate of drug-likeness (QED) is 0.648. The zero-order chi connectivity index (χ0) is 21.2. The highest BCUT2D eigenvalue weighted by Gasteiger charge is 2.44. The van der Waals surface area contributed by atoms with Gasteiger partial charge in [0, 0.05) is 44.0 Å². The van der Waals surface area contributed by atoms with Crippen LogP contribution in [-0.2, 0) is 41.6 Å². The van der Waals surface area contributed by atoms with Gasteiger partial charge in [0.2, 0.25) is 5.91 Å². The molecule has 1 N–H and O–H groups in total. The molecular formula is C23H27N5O3. The Hall–Kier alpha value is -2.87. The molecule has 1 atom stereocenters. The molecule has 5 heterocycles. The van der Waals surface area contributed by atoms with E-state index >= 15 is 0 Å². The number of likely N-dealkylation sites (tertiary alicyclic amines) is 1. The molecule has 162 valence electrons. The highest BCUT2D eigenvalue weighted by molar-refractivity contribution is 5.85. The highest BCUT2D eigenvalue weighted by atomic mass is 16.5. The van der Waals surface area contributed by atoms with Crippen molar-refractivity contribution in [2.45, 2.75) is 44.2 Å². The van der Waals surface area contributed by atoms with Crippen molar-refractivity contribution in [1.29, 1.82) is 0 Å². The number of para-hydroxylation sites is 1. The Kier molecular flexibility index (Phi) is 4.15. The highest BCUT2D eigenvalue weighted by Crippen LogP contribution is 2.43. The van der Waals surface area contributed by atoms with Crippen molar-refractivity contribution in [3.8, 4) is 0 Å². The van der Waals surface area contributed by atoms with Gasteiger partial charge in [0.05, 0.1) is 18.2 Å². The van der Waals surface area contributed by atoms with Gasteiger partial charge in [0.1, 0.15) is 11.4 Å². The van der Waals surface area contributed by atoms with Gasteiger partial charge in [0.25, 0.3) is 0 Å². The van der Waals surface area contributed by atoms with Gasteiger partial charge in [0.15, 0.2) is 0 Å². The predicted molar refractivity (Wildman–Crippen MR) is 115 cm³/mol. The predicted octanol–water partition coefficient (Wildman–Crippen LogP) is 1.72. The number of nitrogens with one attached hydrogen (secondary N) is 1. The van der Waals surface area contributed by atoms with Crippen LogP contribution >= 0.6 is 0 Å². The second kappa shape index (κ2) is 6.82. The summed E-state index contributed by atoms with van der Waals surface area (Å²) in [5.74, 6) is 0.791. The van der Waals surface area contributed by atoms with Crippen molar-refractivity contribution in [1.82, 2.24) is 24.2 Å².